The summed E-state index contributed by atoms with van der Waals surface area (Å²) in [6, 6.07) is 0. The first-order valence-electron chi connectivity index (χ1n) is 20.4. The van der Waals surface area contributed by atoms with Gasteiger partial charge in [0.1, 0.15) is 13.2 Å². The van der Waals surface area contributed by atoms with Gasteiger partial charge in [0.15, 0.2) is 0 Å². The lowest BCUT2D eigenvalue weighted by molar-refractivity contribution is -0.870. The van der Waals surface area contributed by atoms with E-state index in [0.717, 1.165) is 62.6 Å². The molecule has 0 rings (SSSR count). The second-order valence-electron chi connectivity index (χ2n) is 15.9. The van der Waals surface area contributed by atoms with Gasteiger partial charge in [-0.15, -0.1) is 0 Å². The van der Waals surface area contributed by atoms with Gasteiger partial charge in [0.25, 0.3) is 0 Å². The largest absolute Gasteiger partial charge is 0.465 e. The molecule has 0 amide bonds. The van der Waals surface area contributed by atoms with Crippen LogP contribution in [0.2, 0.25) is 0 Å². The molecule has 0 unspecified atom stereocenters. The van der Waals surface area contributed by atoms with E-state index in [1.807, 2.05) is 0 Å². The van der Waals surface area contributed by atoms with E-state index in [2.05, 4.69) is 53.9 Å². The van der Waals surface area contributed by atoms with E-state index < -0.39 is 0 Å². The molecule has 0 aliphatic rings. The standard InChI is InChI=1S/C41H83N2O4/c1-8-11-13-15-17-19-21-23-25-27-29-32-39(44)46-37-41(10-3,36-42(4)34-31-35-43(5,6)7)38-47-40(45)33-30-28-26-24-22-20-18-16-14-12-9-2/h8-38H2,1-7H3/q+1. The van der Waals surface area contributed by atoms with E-state index in [0.29, 0.717) is 26.1 Å². The highest BCUT2D eigenvalue weighted by atomic mass is 16.5. The highest BCUT2D eigenvalue weighted by Crippen LogP contribution is 2.26. The molecule has 0 saturated carbocycles. The molecule has 0 bridgehead atoms. The Morgan fingerprint density at radius 3 is 1.19 bits per heavy atom. The van der Waals surface area contributed by atoms with Crippen molar-refractivity contribution in [3.8, 4) is 0 Å². The Balaban J connectivity index is 4.57. The molecule has 0 heterocycles. The highest BCUT2D eigenvalue weighted by molar-refractivity contribution is 5.69. The average molecular weight is 668 g/mol. The van der Waals surface area contributed by atoms with E-state index in [-0.39, 0.29) is 17.4 Å². The third-order valence-electron chi connectivity index (χ3n) is 9.77. The van der Waals surface area contributed by atoms with Crippen molar-refractivity contribution >= 4 is 11.9 Å². The number of nitrogens with zero attached hydrogens (tertiary/aromatic N) is 2. The van der Waals surface area contributed by atoms with Crippen molar-refractivity contribution in [2.75, 3.05) is 61.0 Å². The minimum Gasteiger partial charge on any atom is -0.465 e. The summed E-state index contributed by atoms with van der Waals surface area (Å²) in [5, 5.41) is 0. The van der Waals surface area contributed by atoms with Gasteiger partial charge in [-0.05, 0) is 26.3 Å². The molecule has 0 aromatic carbocycles. The van der Waals surface area contributed by atoms with Gasteiger partial charge in [-0.2, -0.15) is 0 Å². The minimum atomic E-state index is -0.384. The fourth-order valence-corrected chi connectivity index (χ4v) is 6.39. The molecule has 0 aromatic heterocycles. The highest BCUT2D eigenvalue weighted by Gasteiger charge is 2.33. The maximum Gasteiger partial charge on any atom is 0.305 e. The van der Waals surface area contributed by atoms with Gasteiger partial charge >= 0.3 is 11.9 Å². The zero-order valence-corrected chi connectivity index (χ0v) is 32.9. The number of carbonyl (C=O) groups excluding carboxylic acids is 2. The Hall–Kier alpha value is -1.14. The predicted octanol–water partition coefficient (Wildman–Crippen LogP) is 10.9. The Bertz CT molecular complexity index is 679. The zero-order chi connectivity index (χ0) is 35.1. The molecule has 0 saturated heterocycles. The van der Waals surface area contributed by atoms with Crippen LogP contribution in [0.4, 0.5) is 0 Å². The van der Waals surface area contributed by atoms with Crippen molar-refractivity contribution < 1.29 is 23.5 Å². The van der Waals surface area contributed by atoms with Gasteiger partial charge in [-0.25, -0.2) is 0 Å². The van der Waals surface area contributed by atoms with E-state index >= 15 is 0 Å². The smallest absolute Gasteiger partial charge is 0.305 e. The molecular weight excluding hydrogens is 584 g/mol. The number of ether oxygens (including phenoxy) is 2. The summed E-state index contributed by atoms with van der Waals surface area (Å²) in [5.74, 6) is -0.225. The predicted molar refractivity (Wildman–Crippen MR) is 202 cm³/mol. The number of carbonyl (C=O) groups is 2. The van der Waals surface area contributed by atoms with Crippen molar-refractivity contribution in [1.29, 1.82) is 0 Å². The molecule has 0 aliphatic carbocycles. The monoisotopic (exact) mass is 668 g/mol. The number of esters is 2. The molecule has 0 N–H and O–H groups in total. The number of hydrogen-bond donors (Lipinski definition) is 0. The molecular formula is C41H83N2O4+. The molecule has 0 radical (unpaired) electrons. The van der Waals surface area contributed by atoms with E-state index in [9.17, 15) is 9.59 Å². The first-order chi connectivity index (χ1) is 22.6. The molecule has 0 aliphatic heterocycles. The lowest BCUT2D eigenvalue weighted by Gasteiger charge is -2.36. The lowest BCUT2D eigenvalue weighted by Crippen LogP contribution is -2.44. The Labute approximate surface area is 294 Å². The fourth-order valence-electron chi connectivity index (χ4n) is 6.39. The summed E-state index contributed by atoms with van der Waals surface area (Å²) in [7, 11) is 8.81. The number of quaternary nitrogens is 1. The lowest BCUT2D eigenvalue weighted by atomic mass is 9.86. The Morgan fingerprint density at radius 1 is 0.532 bits per heavy atom. The van der Waals surface area contributed by atoms with Crippen molar-refractivity contribution in [2.45, 2.75) is 188 Å². The summed E-state index contributed by atoms with van der Waals surface area (Å²) in [6.45, 7) is 10.1. The van der Waals surface area contributed by atoms with Gasteiger partial charge in [-0.1, -0.05) is 149 Å². The third kappa shape index (κ3) is 30.6. The van der Waals surface area contributed by atoms with Crippen LogP contribution in [0.15, 0.2) is 0 Å². The molecule has 0 aromatic rings. The summed E-state index contributed by atoms with van der Waals surface area (Å²) < 4.78 is 12.7. The van der Waals surface area contributed by atoms with Crippen molar-refractivity contribution in [2.24, 2.45) is 5.41 Å². The number of hydrogen-bond acceptors (Lipinski definition) is 5. The Kier molecular flexibility index (Phi) is 30.1. The van der Waals surface area contributed by atoms with Crippen LogP contribution in [0.3, 0.4) is 0 Å². The molecule has 0 fully saturated rings. The molecule has 6 heteroatoms. The summed E-state index contributed by atoms with van der Waals surface area (Å²) in [5.41, 5.74) is -0.384. The number of unbranched alkanes of at least 4 members (excludes halogenated alkanes) is 20. The molecule has 6 nitrogen and oxygen atoms in total. The SMILES string of the molecule is CCCCCCCCCCCCCC(=O)OCC(CC)(COC(=O)CCCCCCCCCCCCC)CN(C)CCC[N+](C)(C)C. The van der Waals surface area contributed by atoms with E-state index in [1.165, 1.54) is 116 Å². The van der Waals surface area contributed by atoms with Crippen LogP contribution >= 0.6 is 0 Å². The topological polar surface area (TPSA) is 55.8 Å². The normalized spacial score (nSPS) is 12.2. The molecule has 0 atom stereocenters. The van der Waals surface area contributed by atoms with Crippen LogP contribution in [-0.4, -0.2) is 82.4 Å². The summed E-state index contributed by atoms with van der Waals surface area (Å²) in [4.78, 5) is 27.8. The summed E-state index contributed by atoms with van der Waals surface area (Å²) >= 11 is 0. The first kappa shape index (κ1) is 45.9. The Morgan fingerprint density at radius 2 is 0.872 bits per heavy atom. The second kappa shape index (κ2) is 30.9. The van der Waals surface area contributed by atoms with E-state index in [4.69, 9.17) is 9.47 Å². The van der Waals surface area contributed by atoms with Gasteiger partial charge in [0.2, 0.25) is 0 Å². The maximum atomic E-state index is 12.8. The van der Waals surface area contributed by atoms with E-state index in [1.54, 1.807) is 0 Å². The van der Waals surface area contributed by atoms with Gasteiger partial charge in [0, 0.05) is 32.4 Å². The quantitative estimate of drug-likeness (QED) is 0.0382. The van der Waals surface area contributed by atoms with Crippen LogP contribution < -0.4 is 0 Å². The van der Waals surface area contributed by atoms with Crippen LogP contribution in [0, 0.1) is 5.41 Å². The van der Waals surface area contributed by atoms with Crippen LogP contribution in [0.25, 0.3) is 0 Å². The zero-order valence-electron chi connectivity index (χ0n) is 32.9. The van der Waals surface area contributed by atoms with Gasteiger partial charge in [-0.3, -0.25) is 9.59 Å². The van der Waals surface area contributed by atoms with Gasteiger partial charge < -0.3 is 18.9 Å². The number of rotatable bonds is 35. The average Bonchev–Trinajstić information content (AvgIpc) is 3.03. The molecule has 0 spiro atoms. The van der Waals surface area contributed by atoms with Crippen molar-refractivity contribution in [3.05, 3.63) is 0 Å². The maximum absolute atomic E-state index is 12.8. The van der Waals surface area contributed by atoms with Crippen LogP contribution in [-0.2, 0) is 19.1 Å². The van der Waals surface area contributed by atoms with Crippen LogP contribution in [0.5, 0.6) is 0 Å². The van der Waals surface area contributed by atoms with Gasteiger partial charge in [0.05, 0.1) is 33.1 Å². The van der Waals surface area contributed by atoms with Crippen molar-refractivity contribution in [3.63, 3.8) is 0 Å². The fraction of sp³-hybridized carbons (Fsp3) is 0.951. The second-order valence-corrected chi connectivity index (χ2v) is 15.9. The first-order valence-corrected chi connectivity index (χ1v) is 20.4. The molecule has 280 valence electrons. The summed E-state index contributed by atoms with van der Waals surface area (Å²) in [6.07, 6.45) is 30.7. The minimum absolute atomic E-state index is 0.112. The third-order valence-corrected chi connectivity index (χ3v) is 9.77. The van der Waals surface area contributed by atoms with Crippen LogP contribution in [0.1, 0.15) is 188 Å². The molecule has 47 heavy (non-hydrogen) atoms. The van der Waals surface area contributed by atoms with Crippen molar-refractivity contribution in [1.82, 2.24) is 4.90 Å².